The summed E-state index contributed by atoms with van der Waals surface area (Å²) in [4.78, 5) is 4.33. The van der Waals surface area contributed by atoms with Crippen LogP contribution < -0.4 is 19.5 Å². The molecule has 1 atom stereocenters. The molecule has 1 aromatic heterocycles. The van der Waals surface area contributed by atoms with E-state index in [9.17, 15) is 0 Å². The van der Waals surface area contributed by atoms with Crippen molar-refractivity contribution in [1.29, 1.82) is 0 Å². The molecule has 0 fully saturated rings. The van der Waals surface area contributed by atoms with Crippen LogP contribution >= 0.6 is 0 Å². The van der Waals surface area contributed by atoms with Gasteiger partial charge in [0.1, 0.15) is 17.6 Å². The fraction of sp³-hybridized carbons (Fsp3) is 0.450. The summed E-state index contributed by atoms with van der Waals surface area (Å²) in [5.41, 5.74) is 3.48. The maximum Gasteiger partial charge on any atom is 0.213 e. The predicted molar refractivity (Wildman–Crippen MR) is 97.4 cm³/mol. The number of methoxy groups -OCH3 is 1. The maximum absolute atomic E-state index is 5.97. The van der Waals surface area contributed by atoms with Gasteiger partial charge in [0, 0.05) is 42.9 Å². The Kier molecular flexibility index (Phi) is 5.76. The van der Waals surface area contributed by atoms with E-state index in [2.05, 4.69) is 30.2 Å². The van der Waals surface area contributed by atoms with Crippen LogP contribution in [0.1, 0.15) is 37.0 Å². The van der Waals surface area contributed by atoms with Crippen LogP contribution in [0.2, 0.25) is 0 Å². The minimum atomic E-state index is 0.223. The summed E-state index contributed by atoms with van der Waals surface area (Å²) in [6, 6.07) is 8.07. The predicted octanol–water partition coefficient (Wildman–Crippen LogP) is 3.49. The topological polar surface area (TPSA) is 52.6 Å². The Morgan fingerprint density at radius 2 is 2.16 bits per heavy atom. The van der Waals surface area contributed by atoms with Crippen molar-refractivity contribution in [2.75, 3.05) is 13.7 Å². The minimum Gasteiger partial charge on any atom is -0.497 e. The molecule has 1 aromatic carbocycles. The zero-order valence-electron chi connectivity index (χ0n) is 15.2. The van der Waals surface area contributed by atoms with Gasteiger partial charge in [-0.25, -0.2) is 4.98 Å². The average Bonchev–Trinajstić information content (AvgIpc) is 3.01. The lowest BCUT2D eigenvalue weighted by Crippen LogP contribution is -2.14. The van der Waals surface area contributed by atoms with Crippen LogP contribution in [0.15, 0.2) is 30.5 Å². The Bertz CT molecular complexity index is 701. The molecule has 1 aliphatic heterocycles. The van der Waals surface area contributed by atoms with Crippen LogP contribution in [0.5, 0.6) is 17.4 Å². The molecule has 0 saturated heterocycles. The van der Waals surface area contributed by atoms with Crippen LogP contribution in [0, 0.1) is 0 Å². The summed E-state index contributed by atoms with van der Waals surface area (Å²) in [7, 11) is 1.70. The average molecular weight is 342 g/mol. The highest BCUT2D eigenvalue weighted by atomic mass is 16.5. The van der Waals surface area contributed by atoms with E-state index in [1.165, 1.54) is 5.56 Å². The molecule has 0 aliphatic carbocycles. The number of pyridine rings is 1. The summed E-state index contributed by atoms with van der Waals surface area (Å²) < 4.78 is 16.9. The first-order valence-corrected chi connectivity index (χ1v) is 8.84. The number of benzene rings is 1. The highest BCUT2D eigenvalue weighted by Crippen LogP contribution is 2.36. The van der Waals surface area contributed by atoms with Crippen LogP contribution in [0.4, 0.5) is 0 Å². The SMILES string of the molecule is CCCOc1ccc(CNCc2cc(OC)cc3c2O[C@H](C)C3)cn1. The molecule has 5 nitrogen and oxygen atoms in total. The molecule has 0 unspecified atom stereocenters. The molecule has 25 heavy (non-hydrogen) atoms. The Morgan fingerprint density at radius 1 is 1.28 bits per heavy atom. The third kappa shape index (κ3) is 4.42. The van der Waals surface area contributed by atoms with Crippen LogP contribution in [0.3, 0.4) is 0 Å². The van der Waals surface area contributed by atoms with Crippen LogP contribution in [-0.4, -0.2) is 24.8 Å². The lowest BCUT2D eigenvalue weighted by molar-refractivity contribution is 0.252. The van der Waals surface area contributed by atoms with Gasteiger partial charge in [-0.1, -0.05) is 13.0 Å². The minimum absolute atomic E-state index is 0.223. The summed E-state index contributed by atoms with van der Waals surface area (Å²) in [6.07, 6.45) is 3.99. The van der Waals surface area contributed by atoms with Gasteiger partial charge in [-0.2, -0.15) is 0 Å². The largest absolute Gasteiger partial charge is 0.497 e. The summed E-state index contributed by atoms with van der Waals surface area (Å²) in [6.45, 7) is 6.34. The second-order valence-corrected chi connectivity index (χ2v) is 6.36. The van der Waals surface area contributed by atoms with E-state index in [1.54, 1.807) is 7.11 Å². The van der Waals surface area contributed by atoms with Gasteiger partial charge in [-0.3, -0.25) is 0 Å². The van der Waals surface area contributed by atoms with Gasteiger partial charge >= 0.3 is 0 Å². The molecule has 134 valence electrons. The van der Waals surface area contributed by atoms with Gasteiger partial charge in [0.05, 0.1) is 13.7 Å². The van der Waals surface area contributed by atoms with Crippen molar-refractivity contribution in [2.45, 2.75) is 45.9 Å². The van der Waals surface area contributed by atoms with Crippen LogP contribution in [0.25, 0.3) is 0 Å². The summed E-state index contributed by atoms with van der Waals surface area (Å²) in [5.74, 6) is 2.56. The Hall–Kier alpha value is -2.27. The van der Waals surface area contributed by atoms with Crippen molar-refractivity contribution in [3.8, 4) is 17.4 Å². The van der Waals surface area contributed by atoms with Crippen molar-refractivity contribution in [2.24, 2.45) is 0 Å². The fourth-order valence-corrected chi connectivity index (χ4v) is 2.98. The molecule has 1 N–H and O–H groups in total. The Balaban J connectivity index is 1.60. The second kappa shape index (κ2) is 8.21. The van der Waals surface area contributed by atoms with E-state index in [4.69, 9.17) is 14.2 Å². The first kappa shape index (κ1) is 17.5. The zero-order valence-corrected chi connectivity index (χ0v) is 15.2. The number of fused-ring (bicyclic) bond motifs is 1. The molecule has 0 spiro atoms. The number of hydrogen-bond acceptors (Lipinski definition) is 5. The summed E-state index contributed by atoms with van der Waals surface area (Å²) in [5, 5.41) is 3.46. The Labute approximate surface area is 149 Å². The normalized spacial score (nSPS) is 15.6. The monoisotopic (exact) mass is 342 g/mol. The number of aromatic nitrogens is 1. The lowest BCUT2D eigenvalue weighted by Gasteiger charge is -2.12. The zero-order chi connectivity index (χ0) is 17.6. The van der Waals surface area contributed by atoms with Crippen molar-refractivity contribution < 1.29 is 14.2 Å². The number of nitrogens with zero attached hydrogens (tertiary/aromatic N) is 1. The standard InChI is InChI=1S/C20H26N2O3/c1-4-7-24-19-6-5-15(12-22-19)11-21-13-17-10-18(23-3)9-16-8-14(2)25-20(16)17/h5-6,9-10,12,14,21H,4,7-8,11,13H2,1-3H3/t14-/m1/s1. The number of rotatable bonds is 8. The molecule has 0 radical (unpaired) electrons. The fourth-order valence-electron chi connectivity index (χ4n) is 2.98. The number of hydrogen-bond donors (Lipinski definition) is 1. The van der Waals surface area contributed by atoms with E-state index in [-0.39, 0.29) is 6.10 Å². The quantitative estimate of drug-likeness (QED) is 0.796. The molecule has 0 amide bonds. The van der Waals surface area contributed by atoms with Gasteiger partial charge in [-0.05, 0) is 31.0 Å². The molecule has 0 bridgehead atoms. The molecule has 1 aliphatic rings. The Morgan fingerprint density at radius 3 is 2.88 bits per heavy atom. The molecule has 5 heteroatoms. The van der Waals surface area contributed by atoms with Gasteiger partial charge in [0.15, 0.2) is 0 Å². The van der Waals surface area contributed by atoms with E-state index in [1.807, 2.05) is 24.4 Å². The third-order valence-corrected chi connectivity index (χ3v) is 4.17. The molecule has 2 aromatic rings. The second-order valence-electron chi connectivity index (χ2n) is 6.36. The smallest absolute Gasteiger partial charge is 0.213 e. The molecule has 3 rings (SSSR count). The van der Waals surface area contributed by atoms with E-state index in [0.717, 1.165) is 48.6 Å². The molecular weight excluding hydrogens is 316 g/mol. The highest BCUT2D eigenvalue weighted by Gasteiger charge is 2.23. The van der Waals surface area contributed by atoms with Crippen molar-refractivity contribution in [1.82, 2.24) is 10.3 Å². The lowest BCUT2D eigenvalue weighted by atomic mass is 10.1. The summed E-state index contributed by atoms with van der Waals surface area (Å²) >= 11 is 0. The van der Waals surface area contributed by atoms with Crippen LogP contribution in [-0.2, 0) is 19.5 Å². The van der Waals surface area contributed by atoms with Crippen molar-refractivity contribution in [3.63, 3.8) is 0 Å². The van der Waals surface area contributed by atoms with Crippen molar-refractivity contribution >= 4 is 0 Å². The highest BCUT2D eigenvalue weighted by molar-refractivity contribution is 5.49. The first-order valence-electron chi connectivity index (χ1n) is 8.84. The maximum atomic E-state index is 5.97. The first-order chi connectivity index (χ1) is 12.2. The molecular formula is C20H26N2O3. The van der Waals surface area contributed by atoms with E-state index in [0.29, 0.717) is 12.5 Å². The van der Waals surface area contributed by atoms with Gasteiger partial charge in [-0.15, -0.1) is 0 Å². The molecule has 0 saturated carbocycles. The molecule has 2 heterocycles. The van der Waals surface area contributed by atoms with Gasteiger partial charge in [0.25, 0.3) is 0 Å². The van der Waals surface area contributed by atoms with Crippen molar-refractivity contribution in [3.05, 3.63) is 47.2 Å². The third-order valence-electron chi connectivity index (χ3n) is 4.17. The van der Waals surface area contributed by atoms with Gasteiger partial charge < -0.3 is 19.5 Å². The number of nitrogens with one attached hydrogen (secondary N) is 1. The van der Waals surface area contributed by atoms with E-state index < -0.39 is 0 Å². The van der Waals surface area contributed by atoms with E-state index >= 15 is 0 Å². The van der Waals surface area contributed by atoms with Gasteiger partial charge in [0.2, 0.25) is 5.88 Å². The number of ether oxygens (including phenoxy) is 3.